The second-order valence-corrected chi connectivity index (χ2v) is 3.11. The molecule has 1 unspecified atom stereocenters. The van der Waals surface area contributed by atoms with Crippen molar-refractivity contribution in [2.75, 3.05) is 6.54 Å². The molecule has 1 aromatic rings. The first-order valence-electron chi connectivity index (χ1n) is 3.65. The van der Waals surface area contributed by atoms with E-state index in [9.17, 15) is 0 Å². The molecule has 1 rings (SSSR count). The lowest BCUT2D eigenvalue weighted by Gasteiger charge is -2.20. The van der Waals surface area contributed by atoms with Crippen LogP contribution in [0.25, 0.3) is 0 Å². The average Bonchev–Trinajstić information content (AvgIpc) is 2.39. The summed E-state index contributed by atoms with van der Waals surface area (Å²) in [6.07, 6.45) is 2.33. The molecule has 0 aromatic carbocycles. The van der Waals surface area contributed by atoms with Gasteiger partial charge in [-0.15, -0.1) is 0 Å². The van der Waals surface area contributed by atoms with E-state index >= 15 is 0 Å². The molecule has 0 amide bonds. The number of furan rings is 1. The van der Waals surface area contributed by atoms with E-state index in [4.69, 9.17) is 15.9 Å². The lowest BCUT2D eigenvalue weighted by Crippen LogP contribution is -2.45. The zero-order chi connectivity index (χ0) is 8.32. The largest absolute Gasteiger partial charge is 0.469 e. The third-order valence-electron chi connectivity index (χ3n) is 1.62. The number of rotatable bonds is 3. The zero-order valence-electron chi connectivity index (χ0n) is 6.71. The molecular formula is C8H14N2O. The summed E-state index contributed by atoms with van der Waals surface area (Å²) < 4.78 is 5.14. The van der Waals surface area contributed by atoms with Crippen molar-refractivity contribution >= 4 is 0 Å². The van der Waals surface area contributed by atoms with Crippen molar-refractivity contribution in [3.05, 3.63) is 24.2 Å². The predicted octanol–water partition coefficient (Wildman–Crippen LogP) is 0.498. The van der Waals surface area contributed by atoms with Crippen molar-refractivity contribution < 1.29 is 4.42 Å². The molecule has 0 aliphatic rings. The van der Waals surface area contributed by atoms with E-state index in [1.165, 1.54) is 0 Å². The van der Waals surface area contributed by atoms with Gasteiger partial charge in [-0.2, -0.15) is 0 Å². The van der Waals surface area contributed by atoms with Crippen molar-refractivity contribution in [1.29, 1.82) is 0 Å². The van der Waals surface area contributed by atoms with Gasteiger partial charge in [-0.1, -0.05) is 0 Å². The molecule has 0 saturated carbocycles. The first kappa shape index (κ1) is 8.30. The van der Waals surface area contributed by atoms with Crippen LogP contribution in [0.4, 0.5) is 0 Å². The van der Waals surface area contributed by atoms with Crippen LogP contribution in [-0.2, 0) is 6.42 Å². The van der Waals surface area contributed by atoms with Crippen molar-refractivity contribution in [3.8, 4) is 0 Å². The summed E-state index contributed by atoms with van der Waals surface area (Å²) in [6.45, 7) is 2.38. The fraction of sp³-hybridized carbons (Fsp3) is 0.500. The van der Waals surface area contributed by atoms with E-state index in [0.717, 1.165) is 5.76 Å². The van der Waals surface area contributed by atoms with Gasteiger partial charge in [0.25, 0.3) is 0 Å². The highest BCUT2D eigenvalue weighted by molar-refractivity contribution is 5.03. The van der Waals surface area contributed by atoms with Crippen molar-refractivity contribution in [2.45, 2.75) is 18.9 Å². The summed E-state index contributed by atoms with van der Waals surface area (Å²) in [5, 5.41) is 0. The van der Waals surface area contributed by atoms with Crippen molar-refractivity contribution in [1.82, 2.24) is 0 Å². The fourth-order valence-electron chi connectivity index (χ4n) is 0.883. The van der Waals surface area contributed by atoms with Gasteiger partial charge in [-0.3, -0.25) is 0 Å². The molecule has 11 heavy (non-hydrogen) atoms. The van der Waals surface area contributed by atoms with Crippen molar-refractivity contribution in [3.63, 3.8) is 0 Å². The number of nitrogens with two attached hydrogens (primary N) is 2. The molecule has 0 spiro atoms. The van der Waals surface area contributed by atoms with E-state index in [1.807, 2.05) is 19.1 Å². The molecular weight excluding hydrogens is 140 g/mol. The lowest BCUT2D eigenvalue weighted by atomic mass is 9.98. The van der Waals surface area contributed by atoms with E-state index in [0.29, 0.717) is 13.0 Å². The first-order chi connectivity index (χ1) is 5.14. The summed E-state index contributed by atoms with van der Waals surface area (Å²) in [5.41, 5.74) is 10.9. The fourth-order valence-corrected chi connectivity index (χ4v) is 0.883. The van der Waals surface area contributed by atoms with Gasteiger partial charge >= 0.3 is 0 Å². The van der Waals surface area contributed by atoms with Crippen LogP contribution in [0, 0.1) is 0 Å². The molecule has 1 heterocycles. The summed E-state index contributed by atoms with van der Waals surface area (Å²) in [6, 6.07) is 3.75. The summed E-state index contributed by atoms with van der Waals surface area (Å²) >= 11 is 0. The maximum Gasteiger partial charge on any atom is 0.105 e. The van der Waals surface area contributed by atoms with Crippen LogP contribution in [-0.4, -0.2) is 12.1 Å². The quantitative estimate of drug-likeness (QED) is 0.666. The van der Waals surface area contributed by atoms with Crippen LogP contribution in [0.3, 0.4) is 0 Å². The monoisotopic (exact) mass is 154 g/mol. The van der Waals surface area contributed by atoms with Crippen LogP contribution < -0.4 is 11.5 Å². The molecule has 0 bridgehead atoms. The molecule has 3 heteroatoms. The number of hydrogen-bond donors (Lipinski definition) is 2. The van der Waals surface area contributed by atoms with E-state index in [-0.39, 0.29) is 5.54 Å². The van der Waals surface area contributed by atoms with E-state index in [1.54, 1.807) is 6.26 Å². The Morgan fingerprint density at radius 2 is 2.36 bits per heavy atom. The van der Waals surface area contributed by atoms with E-state index in [2.05, 4.69) is 0 Å². The minimum atomic E-state index is -0.349. The summed E-state index contributed by atoms with van der Waals surface area (Å²) in [4.78, 5) is 0. The molecule has 0 radical (unpaired) electrons. The summed E-state index contributed by atoms with van der Waals surface area (Å²) in [5.74, 6) is 0.889. The Hall–Kier alpha value is -0.800. The average molecular weight is 154 g/mol. The Morgan fingerprint density at radius 1 is 1.64 bits per heavy atom. The Labute approximate surface area is 66.4 Å². The van der Waals surface area contributed by atoms with Crippen LogP contribution in [0.1, 0.15) is 12.7 Å². The van der Waals surface area contributed by atoms with Crippen LogP contribution in [0.2, 0.25) is 0 Å². The van der Waals surface area contributed by atoms with Gasteiger partial charge in [0.2, 0.25) is 0 Å². The minimum Gasteiger partial charge on any atom is -0.469 e. The van der Waals surface area contributed by atoms with Gasteiger partial charge in [0.1, 0.15) is 5.76 Å². The standard InChI is InChI=1S/C8H14N2O/c1-8(10,6-9)5-7-3-2-4-11-7/h2-4H,5-6,9-10H2,1H3. The van der Waals surface area contributed by atoms with Gasteiger partial charge in [-0.25, -0.2) is 0 Å². The smallest absolute Gasteiger partial charge is 0.105 e. The highest BCUT2D eigenvalue weighted by Crippen LogP contribution is 2.09. The second-order valence-electron chi connectivity index (χ2n) is 3.11. The molecule has 3 nitrogen and oxygen atoms in total. The zero-order valence-corrected chi connectivity index (χ0v) is 6.71. The highest BCUT2D eigenvalue weighted by Gasteiger charge is 2.17. The van der Waals surface area contributed by atoms with Crippen LogP contribution in [0.5, 0.6) is 0 Å². The molecule has 0 fully saturated rings. The van der Waals surface area contributed by atoms with Gasteiger partial charge < -0.3 is 15.9 Å². The van der Waals surface area contributed by atoms with Gasteiger partial charge in [0, 0.05) is 18.5 Å². The molecule has 1 aromatic heterocycles. The Morgan fingerprint density at radius 3 is 2.82 bits per heavy atom. The van der Waals surface area contributed by atoms with Crippen LogP contribution in [0.15, 0.2) is 22.8 Å². The Balaban J connectivity index is 2.56. The second kappa shape index (κ2) is 3.07. The maximum absolute atomic E-state index is 5.82. The molecule has 0 aliphatic carbocycles. The van der Waals surface area contributed by atoms with Gasteiger partial charge in [0.15, 0.2) is 0 Å². The highest BCUT2D eigenvalue weighted by atomic mass is 16.3. The molecule has 0 aliphatic heterocycles. The third-order valence-corrected chi connectivity index (χ3v) is 1.62. The van der Waals surface area contributed by atoms with Crippen molar-refractivity contribution in [2.24, 2.45) is 11.5 Å². The normalized spacial score (nSPS) is 16.3. The molecule has 1 atom stereocenters. The lowest BCUT2D eigenvalue weighted by molar-refractivity contribution is 0.412. The molecule has 62 valence electrons. The van der Waals surface area contributed by atoms with E-state index < -0.39 is 0 Å². The topological polar surface area (TPSA) is 65.2 Å². The SMILES string of the molecule is CC(N)(CN)Cc1ccco1. The first-order valence-corrected chi connectivity index (χ1v) is 3.65. The molecule has 0 saturated heterocycles. The third kappa shape index (κ3) is 2.37. The summed E-state index contributed by atoms with van der Waals surface area (Å²) in [7, 11) is 0. The predicted molar refractivity (Wildman–Crippen MR) is 44.1 cm³/mol. The van der Waals surface area contributed by atoms with Crippen LogP contribution >= 0.6 is 0 Å². The Kier molecular flexibility index (Phi) is 2.31. The van der Waals surface area contributed by atoms with Gasteiger partial charge in [0.05, 0.1) is 6.26 Å². The van der Waals surface area contributed by atoms with Gasteiger partial charge in [-0.05, 0) is 19.1 Å². The number of hydrogen-bond acceptors (Lipinski definition) is 3. The minimum absolute atomic E-state index is 0.349. The Bertz CT molecular complexity index is 204. The molecule has 4 N–H and O–H groups in total. The maximum atomic E-state index is 5.82.